The molecule has 0 saturated heterocycles. The molecular formula is C13H11F6N3O2. The van der Waals surface area contributed by atoms with Crippen LogP contribution in [0.3, 0.4) is 0 Å². The number of nitrogens with zero attached hydrogens (tertiary/aromatic N) is 1. The molecule has 0 radical (unpaired) electrons. The van der Waals surface area contributed by atoms with Gasteiger partial charge in [0.2, 0.25) is 5.96 Å². The van der Waals surface area contributed by atoms with Crippen molar-refractivity contribution in [1.29, 1.82) is 0 Å². The van der Waals surface area contributed by atoms with E-state index in [-0.39, 0.29) is 12.5 Å². The van der Waals surface area contributed by atoms with E-state index < -0.39 is 41.2 Å². The highest BCUT2D eigenvalue weighted by molar-refractivity contribution is 5.94. The quantitative estimate of drug-likeness (QED) is 0.761. The van der Waals surface area contributed by atoms with Gasteiger partial charge in [-0.05, 0) is 11.6 Å². The van der Waals surface area contributed by atoms with Crippen molar-refractivity contribution < 1.29 is 35.9 Å². The molecule has 0 bridgehead atoms. The minimum absolute atomic E-state index is 0.183. The van der Waals surface area contributed by atoms with Crippen LogP contribution in [0.2, 0.25) is 0 Å². The molecular weight excluding hydrogens is 344 g/mol. The molecule has 1 atom stereocenters. The molecule has 1 aliphatic rings. The summed E-state index contributed by atoms with van der Waals surface area (Å²) in [6.07, 6.45) is -11.3. The molecule has 0 saturated carbocycles. The van der Waals surface area contributed by atoms with Gasteiger partial charge in [-0.1, -0.05) is 12.1 Å². The van der Waals surface area contributed by atoms with Crippen LogP contribution in [0.1, 0.15) is 22.7 Å². The van der Waals surface area contributed by atoms with Crippen molar-refractivity contribution in [3.8, 4) is 0 Å². The van der Waals surface area contributed by atoms with E-state index in [0.29, 0.717) is 6.07 Å². The number of rotatable bonds is 1. The smallest absolute Gasteiger partial charge is 0.417 e. The number of alkyl halides is 6. The van der Waals surface area contributed by atoms with Crippen molar-refractivity contribution in [2.75, 3.05) is 13.7 Å². The van der Waals surface area contributed by atoms with Crippen LogP contribution in [-0.2, 0) is 17.1 Å². The molecule has 0 spiro atoms. The van der Waals surface area contributed by atoms with Crippen LogP contribution in [0.4, 0.5) is 31.1 Å². The van der Waals surface area contributed by atoms with E-state index in [9.17, 15) is 31.1 Å². The van der Waals surface area contributed by atoms with Gasteiger partial charge in [-0.2, -0.15) is 26.3 Å². The largest absolute Gasteiger partial charge is 0.453 e. The average Bonchev–Trinajstić information content (AvgIpc) is 2.92. The molecule has 1 aromatic carbocycles. The standard InChI is InChI=1S/C13H11F6N3O2/c1-24-11(23)22-10-20-5-8(21-10)6-3-2-4-7(12(14,15)16)9(6)13(17,18)19/h2-4,8H,5H2,1H3,(H2,20,21,22,23). The van der Waals surface area contributed by atoms with Crippen LogP contribution in [0.15, 0.2) is 23.2 Å². The van der Waals surface area contributed by atoms with Crippen molar-refractivity contribution in [2.45, 2.75) is 18.4 Å². The summed E-state index contributed by atoms with van der Waals surface area (Å²) in [5, 5.41) is 4.60. The van der Waals surface area contributed by atoms with Gasteiger partial charge in [0.05, 0.1) is 24.3 Å². The molecule has 1 aliphatic heterocycles. The Labute approximate surface area is 131 Å². The van der Waals surface area contributed by atoms with Crippen LogP contribution < -0.4 is 10.6 Å². The maximum absolute atomic E-state index is 13.2. The number of hydrogen-bond donors (Lipinski definition) is 2. The minimum Gasteiger partial charge on any atom is -0.453 e. The lowest BCUT2D eigenvalue weighted by Gasteiger charge is -2.20. The zero-order valence-corrected chi connectivity index (χ0v) is 12.0. The van der Waals surface area contributed by atoms with E-state index in [1.165, 1.54) is 0 Å². The number of amides is 1. The first kappa shape index (κ1) is 17.9. The molecule has 2 rings (SSSR count). The molecule has 1 unspecified atom stereocenters. The third-order valence-electron chi connectivity index (χ3n) is 3.20. The van der Waals surface area contributed by atoms with Gasteiger partial charge in [0.1, 0.15) is 0 Å². The van der Waals surface area contributed by atoms with Crippen molar-refractivity contribution in [3.05, 3.63) is 34.9 Å². The lowest BCUT2D eigenvalue weighted by Crippen LogP contribution is -2.38. The predicted molar refractivity (Wildman–Crippen MR) is 70.2 cm³/mol. The molecule has 1 heterocycles. The first-order chi connectivity index (χ1) is 11.0. The second-order valence-corrected chi connectivity index (χ2v) is 4.76. The third kappa shape index (κ3) is 3.71. The number of benzene rings is 1. The maximum atomic E-state index is 13.2. The number of nitrogens with one attached hydrogen (secondary N) is 2. The number of ether oxygens (including phenoxy) is 1. The summed E-state index contributed by atoms with van der Waals surface area (Å²) in [7, 11) is 1.07. The summed E-state index contributed by atoms with van der Waals surface area (Å²) in [6, 6.07) is 0.937. The number of guanidine groups is 1. The van der Waals surface area contributed by atoms with E-state index >= 15 is 0 Å². The fraction of sp³-hybridized carbons (Fsp3) is 0.385. The Hall–Kier alpha value is -2.46. The zero-order valence-electron chi connectivity index (χ0n) is 12.0. The summed E-state index contributed by atoms with van der Waals surface area (Å²) in [4.78, 5) is 14.8. The molecule has 11 heteroatoms. The van der Waals surface area contributed by atoms with Gasteiger partial charge < -0.3 is 10.1 Å². The van der Waals surface area contributed by atoms with Gasteiger partial charge in [-0.15, -0.1) is 0 Å². The number of carbonyl (C=O) groups excluding carboxylic acids is 1. The maximum Gasteiger partial charge on any atom is 0.417 e. The van der Waals surface area contributed by atoms with Crippen LogP contribution in [-0.4, -0.2) is 25.7 Å². The van der Waals surface area contributed by atoms with Crippen molar-refractivity contribution in [1.82, 2.24) is 10.6 Å². The highest BCUT2D eigenvalue weighted by atomic mass is 19.4. The van der Waals surface area contributed by atoms with Crippen molar-refractivity contribution in [3.63, 3.8) is 0 Å². The lowest BCUT2D eigenvalue weighted by atomic mass is 9.95. The number of methoxy groups -OCH3 is 1. The highest BCUT2D eigenvalue weighted by Gasteiger charge is 2.46. The fourth-order valence-electron chi connectivity index (χ4n) is 2.24. The second kappa shape index (κ2) is 6.21. The SMILES string of the molecule is COC(=O)NC1=NC(c2cccc(C(F)(F)F)c2C(F)(F)F)CN1. The van der Waals surface area contributed by atoms with E-state index in [1.807, 2.05) is 0 Å². The van der Waals surface area contributed by atoms with Crippen molar-refractivity contribution >= 4 is 12.1 Å². The third-order valence-corrected chi connectivity index (χ3v) is 3.20. The predicted octanol–water partition coefficient (Wildman–Crippen LogP) is 3.08. The number of halogens is 6. The molecule has 0 aliphatic carbocycles. The van der Waals surface area contributed by atoms with E-state index in [0.717, 1.165) is 19.2 Å². The lowest BCUT2D eigenvalue weighted by molar-refractivity contribution is -0.162. The fourth-order valence-corrected chi connectivity index (χ4v) is 2.24. The summed E-state index contributed by atoms with van der Waals surface area (Å²) in [6.45, 7) is -0.205. The topological polar surface area (TPSA) is 62.7 Å². The number of hydrogen-bond acceptors (Lipinski definition) is 4. The molecule has 24 heavy (non-hydrogen) atoms. The molecule has 2 N–H and O–H groups in total. The average molecular weight is 355 g/mol. The van der Waals surface area contributed by atoms with Gasteiger partial charge in [-0.25, -0.2) is 9.79 Å². The molecule has 1 amide bonds. The number of alkyl carbamates (subject to hydrolysis) is 1. The Kier molecular flexibility index (Phi) is 4.63. The second-order valence-electron chi connectivity index (χ2n) is 4.76. The van der Waals surface area contributed by atoms with Gasteiger partial charge in [-0.3, -0.25) is 5.32 Å². The Morgan fingerprint density at radius 2 is 1.92 bits per heavy atom. The first-order valence-corrected chi connectivity index (χ1v) is 6.48. The van der Waals surface area contributed by atoms with Gasteiger partial charge in [0, 0.05) is 6.54 Å². The monoisotopic (exact) mass is 355 g/mol. The summed E-state index contributed by atoms with van der Waals surface area (Å²) in [5.41, 5.74) is -4.20. The van der Waals surface area contributed by atoms with E-state index in [1.54, 1.807) is 0 Å². The van der Waals surface area contributed by atoms with Crippen LogP contribution in [0, 0.1) is 0 Å². The summed E-state index contributed by atoms with van der Waals surface area (Å²) < 4.78 is 82.6. The normalized spacial score (nSPS) is 18.0. The summed E-state index contributed by atoms with van der Waals surface area (Å²) >= 11 is 0. The Bertz CT molecular complexity index is 669. The van der Waals surface area contributed by atoms with E-state index in [4.69, 9.17) is 0 Å². The first-order valence-electron chi connectivity index (χ1n) is 6.48. The van der Waals surface area contributed by atoms with Gasteiger partial charge in [0.15, 0.2) is 0 Å². The number of carbonyl (C=O) groups is 1. The van der Waals surface area contributed by atoms with Gasteiger partial charge >= 0.3 is 18.4 Å². The van der Waals surface area contributed by atoms with Gasteiger partial charge in [0.25, 0.3) is 0 Å². The van der Waals surface area contributed by atoms with Crippen molar-refractivity contribution in [2.24, 2.45) is 4.99 Å². The molecule has 1 aromatic rings. The zero-order chi connectivity index (χ0) is 18.1. The van der Waals surface area contributed by atoms with Crippen LogP contribution in [0.5, 0.6) is 0 Å². The highest BCUT2D eigenvalue weighted by Crippen LogP contribution is 2.44. The van der Waals surface area contributed by atoms with Crippen LogP contribution >= 0.6 is 0 Å². The Morgan fingerprint density at radius 3 is 2.46 bits per heavy atom. The van der Waals surface area contributed by atoms with E-state index in [2.05, 4.69) is 20.4 Å². The molecule has 5 nitrogen and oxygen atoms in total. The number of aliphatic imine (C=N–C) groups is 1. The molecule has 132 valence electrons. The molecule has 0 fully saturated rings. The minimum atomic E-state index is -5.21. The molecule has 0 aromatic heterocycles. The Morgan fingerprint density at radius 1 is 1.25 bits per heavy atom. The Balaban J connectivity index is 2.47. The summed E-state index contributed by atoms with van der Waals surface area (Å²) in [5.74, 6) is -0.183. The van der Waals surface area contributed by atoms with Crippen LogP contribution in [0.25, 0.3) is 0 Å².